The molecule has 0 fully saturated rings. The Morgan fingerprint density at radius 2 is 2.07 bits per heavy atom. The quantitative estimate of drug-likeness (QED) is 0.517. The van der Waals surface area contributed by atoms with Crippen molar-refractivity contribution in [2.45, 2.75) is 20.3 Å². The smallest absolute Gasteiger partial charge is 0.257 e. The molecule has 0 atom stereocenters. The van der Waals surface area contributed by atoms with Gasteiger partial charge in [0, 0.05) is 40.8 Å². The van der Waals surface area contributed by atoms with Gasteiger partial charge in [-0.2, -0.15) is 0 Å². The average Bonchev–Trinajstić information content (AvgIpc) is 3.07. The number of nitrogens with zero attached hydrogens (tertiary/aromatic N) is 1. The maximum atomic E-state index is 14.1. The monoisotopic (exact) mass is 391 g/mol. The predicted molar refractivity (Wildman–Crippen MR) is 112 cm³/mol. The van der Waals surface area contributed by atoms with Crippen LogP contribution in [0.2, 0.25) is 0 Å². The fraction of sp³-hybridized carbons (Fsp3) is 0.217. The van der Waals surface area contributed by atoms with Gasteiger partial charge in [0.05, 0.1) is 5.52 Å². The fourth-order valence-corrected chi connectivity index (χ4v) is 3.70. The van der Waals surface area contributed by atoms with E-state index < -0.39 is 0 Å². The first-order chi connectivity index (χ1) is 14.0. The number of aromatic nitrogens is 2. The summed E-state index contributed by atoms with van der Waals surface area (Å²) in [6, 6.07) is 10.8. The predicted octanol–water partition coefficient (Wildman–Crippen LogP) is 4.21. The summed E-state index contributed by atoms with van der Waals surface area (Å²) in [4.78, 5) is 19.4. The van der Waals surface area contributed by atoms with Crippen molar-refractivity contribution in [3.8, 4) is 5.75 Å². The molecule has 0 aliphatic heterocycles. The summed E-state index contributed by atoms with van der Waals surface area (Å²) in [5, 5.41) is 5.66. The molecular formula is C23H22FN3O2. The van der Waals surface area contributed by atoms with E-state index in [4.69, 9.17) is 4.74 Å². The zero-order valence-corrected chi connectivity index (χ0v) is 16.4. The molecule has 0 saturated carbocycles. The lowest BCUT2D eigenvalue weighted by molar-refractivity contribution is -0.123. The number of nitrogens with one attached hydrogen (secondary N) is 2. The molecule has 4 aromatic rings. The molecule has 4 rings (SSSR count). The Morgan fingerprint density at radius 3 is 2.93 bits per heavy atom. The van der Waals surface area contributed by atoms with E-state index in [0.29, 0.717) is 24.2 Å². The number of aromatic amines is 1. The van der Waals surface area contributed by atoms with E-state index in [1.165, 1.54) is 6.07 Å². The van der Waals surface area contributed by atoms with Crippen molar-refractivity contribution in [3.63, 3.8) is 0 Å². The Kier molecular flexibility index (Phi) is 5.16. The number of ether oxygens (including phenoxy) is 1. The van der Waals surface area contributed by atoms with Gasteiger partial charge in [-0.1, -0.05) is 18.2 Å². The first-order valence-electron chi connectivity index (χ1n) is 9.53. The Labute approximate surface area is 167 Å². The fourth-order valence-electron chi connectivity index (χ4n) is 3.70. The molecule has 29 heavy (non-hydrogen) atoms. The van der Waals surface area contributed by atoms with Crippen LogP contribution in [0.5, 0.6) is 5.75 Å². The third-order valence-corrected chi connectivity index (χ3v) is 5.13. The summed E-state index contributed by atoms with van der Waals surface area (Å²) in [5.74, 6) is 0.192. The van der Waals surface area contributed by atoms with Gasteiger partial charge in [0.15, 0.2) is 6.61 Å². The number of amides is 1. The Bertz CT molecular complexity index is 1190. The van der Waals surface area contributed by atoms with Gasteiger partial charge in [0.25, 0.3) is 5.91 Å². The first-order valence-corrected chi connectivity index (χ1v) is 9.53. The SMILES string of the molecule is Cc1[nH]c2c(F)ccc(C)c2c1CCNC(=O)COc1cccc2cnccc12. The Morgan fingerprint density at radius 1 is 1.21 bits per heavy atom. The summed E-state index contributed by atoms with van der Waals surface area (Å²) in [6.07, 6.45) is 4.07. The van der Waals surface area contributed by atoms with Crippen LogP contribution in [0.3, 0.4) is 0 Å². The molecule has 0 unspecified atom stereocenters. The van der Waals surface area contributed by atoms with E-state index in [1.54, 1.807) is 18.5 Å². The van der Waals surface area contributed by atoms with E-state index in [0.717, 1.165) is 33.0 Å². The number of benzene rings is 2. The Hall–Kier alpha value is -3.41. The average molecular weight is 391 g/mol. The number of halogens is 1. The van der Waals surface area contributed by atoms with E-state index in [1.807, 2.05) is 38.1 Å². The highest BCUT2D eigenvalue weighted by molar-refractivity contribution is 5.89. The molecule has 148 valence electrons. The number of carbonyl (C=O) groups is 1. The standard InChI is InChI=1S/C23H22FN3O2/c1-14-6-7-19(24)23-22(14)17(15(2)27-23)9-11-26-21(28)13-29-20-5-3-4-16-12-25-10-8-18(16)20/h3-8,10,12,27H,9,11,13H2,1-2H3,(H,26,28). The highest BCUT2D eigenvalue weighted by atomic mass is 19.1. The van der Waals surface area contributed by atoms with Gasteiger partial charge in [0.2, 0.25) is 0 Å². The van der Waals surface area contributed by atoms with Gasteiger partial charge in [-0.3, -0.25) is 9.78 Å². The summed E-state index contributed by atoms with van der Waals surface area (Å²) < 4.78 is 19.8. The summed E-state index contributed by atoms with van der Waals surface area (Å²) in [7, 11) is 0. The van der Waals surface area contributed by atoms with Crippen LogP contribution in [-0.2, 0) is 11.2 Å². The minimum atomic E-state index is -0.261. The van der Waals surface area contributed by atoms with Gasteiger partial charge >= 0.3 is 0 Å². The molecule has 0 saturated heterocycles. The molecule has 2 N–H and O–H groups in total. The number of rotatable bonds is 6. The van der Waals surface area contributed by atoms with Crippen LogP contribution >= 0.6 is 0 Å². The normalized spacial score (nSPS) is 11.1. The zero-order chi connectivity index (χ0) is 20.4. The lowest BCUT2D eigenvalue weighted by atomic mass is 10.0. The van der Waals surface area contributed by atoms with Gasteiger partial charge in [-0.05, 0) is 49.6 Å². The topological polar surface area (TPSA) is 67.0 Å². The molecule has 5 nitrogen and oxygen atoms in total. The van der Waals surface area contributed by atoms with Crippen molar-refractivity contribution in [2.24, 2.45) is 0 Å². The molecule has 2 aromatic carbocycles. The van der Waals surface area contributed by atoms with Gasteiger partial charge in [0.1, 0.15) is 11.6 Å². The number of pyridine rings is 1. The first kappa shape index (κ1) is 18.9. The van der Waals surface area contributed by atoms with E-state index in [9.17, 15) is 9.18 Å². The summed E-state index contributed by atoms with van der Waals surface area (Å²) in [5.41, 5.74) is 3.49. The van der Waals surface area contributed by atoms with Crippen LogP contribution in [-0.4, -0.2) is 29.0 Å². The molecular weight excluding hydrogens is 369 g/mol. The maximum absolute atomic E-state index is 14.1. The van der Waals surface area contributed by atoms with Gasteiger partial charge in [-0.15, -0.1) is 0 Å². The van der Waals surface area contributed by atoms with Crippen LogP contribution in [0.25, 0.3) is 21.7 Å². The molecule has 2 heterocycles. The summed E-state index contributed by atoms with van der Waals surface area (Å²) in [6.45, 7) is 4.27. The van der Waals surface area contributed by atoms with Crippen molar-refractivity contribution < 1.29 is 13.9 Å². The number of fused-ring (bicyclic) bond motifs is 2. The molecule has 6 heteroatoms. The number of hydrogen-bond donors (Lipinski definition) is 2. The highest BCUT2D eigenvalue weighted by Gasteiger charge is 2.14. The van der Waals surface area contributed by atoms with E-state index in [-0.39, 0.29) is 18.3 Å². The van der Waals surface area contributed by atoms with Gasteiger partial charge in [-0.25, -0.2) is 4.39 Å². The second kappa shape index (κ2) is 7.91. The number of aryl methyl sites for hydroxylation is 2. The lowest BCUT2D eigenvalue weighted by Crippen LogP contribution is -2.30. The number of hydrogen-bond acceptors (Lipinski definition) is 3. The molecule has 1 amide bonds. The van der Waals surface area contributed by atoms with Crippen LogP contribution in [0, 0.1) is 19.7 Å². The molecule has 0 radical (unpaired) electrons. The van der Waals surface area contributed by atoms with Crippen molar-refractivity contribution in [1.82, 2.24) is 15.3 Å². The Balaban J connectivity index is 1.38. The second-order valence-electron chi connectivity index (χ2n) is 7.08. The third-order valence-electron chi connectivity index (χ3n) is 5.13. The van der Waals surface area contributed by atoms with Crippen molar-refractivity contribution >= 4 is 27.6 Å². The lowest BCUT2D eigenvalue weighted by Gasteiger charge is -2.10. The third kappa shape index (κ3) is 3.78. The maximum Gasteiger partial charge on any atom is 0.257 e. The van der Waals surface area contributed by atoms with Crippen molar-refractivity contribution in [3.05, 3.63) is 71.4 Å². The minimum absolute atomic E-state index is 0.0675. The molecule has 0 aliphatic rings. The largest absolute Gasteiger partial charge is 0.483 e. The number of H-pyrrole nitrogens is 1. The van der Waals surface area contributed by atoms with Crippen LogP contribution in [0.4, 0.5) is 4.39 Å². The van der Waals surface area contributed by atoms with Crippen LogP contribution in [0.1, 0.15) is 16.8 Å². The summed E-state index contributed by atoms with van der Waals surface area (Å²) >= 11 is 0. The van der Waals surface area contributed by atoms with Crippen LogP contribution in [0.15, 0.2) is 48.8 Å². The van der Waals surface area contributed by atoms with E-state index >= 15 is 0 Å². The van der Waals surface area contributed by atoms with Gasteiger partial charge < -0.3 is 15.0 Å². The zero-order valence-electron chi connectivity index (χ0n) is 16.4. The molecule has 0 spiro atoms. The highest BCUT2D eigenvalue weighted by Crippen LogP contribution is 2.28. The van der Waals surface area contributed by atoms with Crippen molar-refractivity contribution in [1.29, 1.82) is 0 Å². The minimum Gasteiger partial charge on any atom is -0.483 e. The molecule has 2 aromatic heterocycles. The van der Waals surface area contributed by atoms with Crippen LogP contribution < -0.4 is 10.1 Å². The molecule has 0 aliphatic carbocycles. The van der Waals surface area contributed by atoms with Crippen molar-refractivity contribution in [2.75, 3.05) is 13.2 Å². The molecule has 0 bridgehead atoms. The second-order valence-corrected chi connectivity index (χ2v) is 7.08. The number of carbonyl (C=O) groups excluding carboxylic acids is 1. The van der Waals surface area contributed by atoms with E-state index in [2.05, 4.69) is 15.3 Å².